The number of rotatable bonds is 3. The van der Waals surface area contributed by atoms with Gasteiger partial charge in [0.15, 0.2) is 0 Å². The van der Waals surface area contributed by atoms with E-state index in [1.807, 2.05) is 0 Å². The zero-order valence-electron chi connectivity index (χ0n) is 10.7. The van der Waals surface area contributed by atoms with Gasteiger partial charge in [-0.05, 0) is 36.1 Å². The molecule has 1 nitrogen and oxygen atoms in total. The van der Waals surface area contributed by atoms with Gasteiger partial charge in [0.2, 0.25) is 0 Å². The fourth-order valence-corrected chi connectivity index (χ4v) is 1.94. The van der Waals surface area contributed by atoms with E-state index in [2.05, 4.69) is 56.3 Å². The molecule has 17 heavy (non-hydrogen) atoms. The van der Waals surface area contributed by atoms with E-state index in [0.29, 0.717) is 6.61 Å². The summed E-state index contributed by atoms with van der Waals surface area (Å²) in [5.41, 5.74) is 6.36. The van der Waals surface area contributed by atoms with Gasteiger partial charge in [-0.25, -0.2) is 0 Å². The standard InChI is InChI=1S/C16H18O/c1-12-4-6-14(7-5-12)15-8-9-16(11-17-3)13(2)10-15/h4-10H,11H2,1-3H3. The van der Waals surface area contributed by atoms with Crippen molar-refractivity contribution in [2.24, 2.45) is 0 Å². The fourth-order valence-electron chi connectivity index (χ4n) is 1.94. The van der Waals surface area contributed by atoms with Gasteiger partial charge in [-0.2, -0.15) is 0 Å². The molecule has 0 aliphatic rings. The average molecular weight is 226 g/mol. The van der Waals surface area contributed by atoms with Crippen LogP contribution in [0.5, 0.6) is 0 Å². The molecule has 0 fully saturated rings. The van der Waals surface area contributed by atoms with E-state index in [1.165, 1.54) is 27.8 Å². The number of hydrogen-bond acceptors (Lipinski definition) is 1. The Hall–Kier alpha value is -1.60. The Balaban J connectivity index is 2.34. The van der Waals surface area contributed by atoms with Crippen LogP contribution in [0.15, 0.2) is 42.5 Å². The van der Waals surface area contributed by atoms with Crippen LogP contribution in [0.1, 0.15) is 16.7 Å². The first-order valence-electron chi connectivity index (χ1n) is 5.86. The summed E-state index contributed by atoms with van der Waals surface area (Å²) >= 11 is 0. The number of aryl methyl sites for hydroxylation is 2. The Bertz CT molecular complexity index is 497. The van der Waals surface area contributed by atoms with Crippen molar-refractivity contribution in [2.45, 2.75) is 20.5 Å². The van der Waals surface area contributed by atoms with Crippen LogP contribution >= 0.6 is 0 Å². The number of hydrogen-bond donors (Lipinski definition) is 0. The molecule has 2 rings (SSSR count). The van der Waals surface area contributed by atoms with E-state index in [4.69, 9.17) is 4.74 Å². The van der Waals surface area contributed by atoms with Gasteiger partial charge >= 0.3 is 0 Å². The molecule has 0 spiro atoms. The van der Waals surface area contributed by atoms with Gasteiger partial charge in [0.05, 0.1) is 6.61 Å². The first-order chi connectivity index (χ1) is 8.20. The molecule has 0 aliphatic carbocycles. The molecule has 0 saturated heterocycles. The van der Waals surface area contributed by atoms with Gasteiger partial charge < -0.3 is 4.74 Å². The van der Waals surface area contributed by atoms with Crippen molar-refractivity contribution in [1.82, 2.24) is 0 Å². The highest BCUT2D eigenvalue weighted by Crippen LogP contribution is 2.23. The number of methoxy groups -OCH3 is 1. The van der Waals surface area contributed by atoms with Crippen molar-refractivity contribution in [1.29, 1.82) is 0 Å². The second-order valence-electron chi connectivity index (χ2n) is 4.44. The number of ether oxygens (including phenoxy) is 1. The molecule has 0 aromatic heterocycles. The highest BCUT2D eigenvalue weighted by atomic mass is 16.5. The van der Waals surface area contributed by atoms with Crippen LogP contribution in [0.2, 0.25) is 0 Å². The number of benzene rings is 2. The van der Waals surface area contributed by atoms with Gasteiger partial charge in [0, 0.05) is 7.11 Å². The molecule has 0 heterocycles. The summed E-state index contributed by atoms with van der Waals surface area (Å²) in [6, 6.07) is 15.2. The van der Waals surface area contributed by atoms with Crippen LogP contribution in [-0.4, -0.2) is 7.11 Å². The Morgan fingerprint density at radius 2 is 1.53 bits per heavy atom. The molecule has 0 unspecified atom stereocenters. The summed E-state index contributed by atoms with van der Waals surface area (Å²) in [5.74, 6) is 0. The third-order valence-corrected chi connectivity index (χ3v) is 3.03. The SMILES string of the molecule is COCc1ccc(-c2ccc(C)cc2)cc1C. The van der Waals surface area contributed by atoms with Crippen LogP contribution in [-0.2, 0) is 11.3 Å². The summed E-state index contributed by atoms with van der Waals surface area (Å²) in [5, 5.41) is 0. The highest BCUT2D eigenvalue weighted by molar-refractivity contribution is 5.65. The van der Waals surface area contributed by atoms with Crippen molar-refractivity contribution in [3.05, 3.63) is 59.2 Å². The fraction of sp³-hybridized carbons (Fsp3) is 0.250. The second kappa shape index (κ2) is 5.15. The second-order valence-corrected chi connectivity index (χ2v) is 4.44. The molecular formula is C16H18O. The van der Waals surface area contributed by atoms with E-state index in [0.717, 1.165) is 0 Å². The molecule has 0 N–H and O–H groups in total. The molecule has 0 bridgehead atoms. The lowest BCUT2D eigenvalue weighted by Gasteiger charge is -2.08. The maximum atomic E-state index is 5.17. The van der Waals surface area contributed by atoms with Gasteiger partial charge in [-0.15, -0.1) is 0 Å². The maximum absolute atomic E-state index is 5.17. The summed E-state index contributed by atoms with van der Waals surface area (Å²) in [4.78, 5) is 0. The summed E-state index contributed by atoms with van der Waals surface area (Å²) in [6.45, 7) is 4.92. The van der Waals surface area contributed by atoms with Gasteiger partial charge in [0.1, 0.15) is 0 Å². The lowest BCUT2D eigenvalue weighted by molar-refractivity contribution is 0.184. The monoisotopic (exact) mass is 226 g/mol. The molecule has 88 valence electrons. The van der Waals surface area contributed by atoms with Crippen LogP contribution < -0.4 is 0 Å². The molecule has 1 heteroatoms. The minimum atomic E-state index is 0.681. The third kappa shape index (κ3) is 2.75. The van der Waals surface area contributed by atoms with Crippen LogP contribution in [0.25, 0.3) is 11.1 Å². The Labute approximate surface area is 103 Å². The van der Waals surface area contributed by atoms with Crippen LogP contribution in [0.4, 0.5) is 0 Å². The van der Waals surface area contributed by atoms with Gasteiger partial charge in [-0.1, -0.05) is 48.0 Å². The Morgan fingerprint density at radius 1 is 0.882 bits per heavy atom. The lowest BCUT2D eigenvalue weighted by Crippen LogP contribution is -1.92. The molecular weight excluding hydrogens is 208 g/mol. The minimum Gasteiger partial charge on any atom is -0.380 e. The van der Waals surface area contributed by atoms with E-state index in [-0.39, 0.29) is 0 Å². The predicted octanol–water partition coefficient (Wildman–Crippen LogP) is 4.12. The maximum Gasteiger partial charge on any atom is 0.0715 e. The normalized spacial score (nSPS) is 10.5. The predicted molar refractivity (Wildman–Crippen MR) is 72.1 cm³/mol. The van der Waals surface area contributed by atoms with Crippen molar-refractivity contribution in [3.8, 4) is 11.1 Å². The quantitative estimate of drug-likeness (QED) is 0.765. The third-order valence-electron chi connectivity index (χ3n) is 3.03. The summed E-state index contributed by atoms with van der Waals surface area (Å²) in [6.07, 6.45) is 0. The largest absolute Gasteiger partial charge is 0.380 e. The molecule has 0 amide bonds. The lowest BCUT2D eigenvalue weighted by atomic mass is 9.99. The van der Waals surface area contributed by atoms with Crippen molar-refractivity contribution in [2.75, 3.05) is 7.11 Å². The molecule has 0 aliphatic heterocycles. The van der Waals surface area contributed by atoms with Crippen molar-refractivity contribution < 1.29 is 4.74 Å². The average Bonchev–Trinajstić information content (AvgIpc) is 2.33. The zero-order valence-corrected chi connectivity index (χ0v) is 10.7. The van der Waals surface area contributed by atoms with E-state index < -0.39 is 0 Å². The molecule has 0 atom stereocenters. The zero-order chi connectivity index (χ0) is 12.3. The summed E-state index contributed by atoms with van der Waals surface area (Å²) in [7, 11) is 1.73. The Kier molecular flexibility index (Phi) is 3.60. The van der Waals surface area contributed by atoms with E-state index in [1.54, 1.807) is 7.11 Å². The molecule has 0 radical (unpaired) electrons. The summed E-state index contributed by atoms with van der Waals surface area (Å²) < 4.78 is 5.17. The Morgan fingerprint density at radius 3 is 2.12 bits per heavy atom. The van der Waals surface area contributed by atoms with Crippen LogP contribution in [0, 0.1) is 13.8 Å². The molecule has 2 aromatic carbocycles. The smallest absolute Gasteiger partial charge is 0.0715 e. The van der Waals surface area contributed by atoms with E-state index >= 15 is 0 Å². The van der Waals surface area contributed by atoms with Crippen molar-refractivity contribution in [3.63, 3.8) is 0 Å². The highest BCUT2D eigenvalue weighted by Gasteiger charge is 2.01. The molecule has 2 aromatic rings. The van der Waals surface area contributed by atoms with Gasteiger partial charge in [-0.3, -0.25) is 0 Å². The van der Waals surface area contributed by atoms with Gasteiger partial charge in [0.25, 0.3) is 0 Å². The first kappa shape index (κ1) is 11.9. The molecule has 0 saturated carbocycles. The topological polar surface area (TPSA) is 9.23 Å². The van der Waals surface area contributed by atoms with Crippen molar-refractivity contribution >= 4 is 0 Å². The first-order valence-corrected chi connectivity index (χ1v) is 5.86. The van der Waals surface area contributed by atoms with Crippen LogP contribution in [0.3, 0.4) is 0 Å². The van der Waals surface area contributed by atoms with E-state index in [9.17, 15) is 0 Å². The minimum absolute atomic E-state index is 0.681.